The Labute approximate surface area is 174 Å². The van der Waals surface area contributed by atoms with Crippen LogP contribution in [-0.4, -0.2) is 27.1 Å². The van der Waals surface area contributed by atoms with Gasteiger partial charge in [-0.1, -0.05) is 18.2 Å². The van der Waals surface area contributed by atoms with E-state index in [1.165, 1.54) is 0 Å². The largest absolute Gasteiger partial charge is 0.355 e. The molecule has 1 aliphatic rings. The van der Waals surface area contributed by atoms with E-state index in [1.807, 2.05) is 72.8 Å². The lowest BCUT2D eigenvalue weighted by molar-refractivity contribution is 0.0952. The minimum absolute atomic E-state index is 0.0369. The van der Waals surface area contributed by atoms with Crippen LogP contribution in [-0.2, 0) is 0 Å². The fourth-order valence-corrected chi connectivity index (χ4v) is 3.32. The molecule has 4 aromatic rings. The van der Waals surface area contributed by atoms with Crippen molar-refractivity contribution in [3.05, 3.63) is 83.8 Å². The van der Waals surface area contributed by atoms with Crippen molar-refractivity contribution in [1.29, 1.82) is 0 Å². The molecule has 1 saturated carbocycles. The average molecular weight is 395 g/mol. The molecule has 0 saturated heterocycles. The smallest absolute Gasteiger partial charge is 0.253 e. The Kier molecular flexibility index (Phi) is 4.73. The third kappa shape index (κ3) is 3.93. The van der Waals surface area contributed by atoms with Gasteiger partial charge >= 0.3 is 0 Å². The van der Waals surface area contributed by atoms with Gasteiger partial charge < -0.3 is 10.6 Å². The summed E-state index contributed by atoms with van der Waals surface area (Å²) in [4.78, 5) is 16.8. The molecule has 6 nitrogen and oxygen atoms in total. The fraction of sp³-hybridized carbons (Fsp3) is 0.125. The number of nitrogens with zero attached hydrogens (tertiary/aromatic N) is 2. The van der Waals surface area contributed by atoms with Crippen LogP contribution in [0.15, 0.2) is 66.9 Å². The molecule has 2 heterocycles. The summed E-state index contributed by atoms with van der Waals surface area (Å²) < 4.78 is 0. The van der Waals surface area contributed by atoms with Crippen LogP contribution in [0.1, 0.15) is 34.6 Å². The van der Waals surface area contributed by atoms with Crippen LogP contribution in [0.2, 0.25) is 0 Å². The molecule has 2 aromatic carbocycles. The standard InChI is InChI=1S/C24H21N5O/c30-24(27-17-8-9-17)20-6-1-2-7-21(20)26-18-10-12-19-22(28-29-23(19)15-18)13-11-16-5-3-4-14-25-16/h1-7,10-15,17,26H,8-9H2,(H,27,30)(H,28,29). The molecule has 3 N–H and O–H groups in total. The fourth-order valence-electron chi connectivity index (χ4n) is 3.32. The van der Waals surface area contributed by atoms with E-state index in [4.69, 9.17) is 0 Å². The number of amides is 1. The Bertz CT molecular complexity index is 1220. The van der Waals surface area contributed by atoms with E-state index in [0.717, 1.165) is 46.5 Å². The van der Waals surface area contributed by atoms with Gasteiger partial charge in [0, 0.05) is 23.3 Å². The number of rotatable bonds is 6. The number of aromatic nitrogens is 3. The zero-order chi connectivity index (χ0) is 20.3. The number of nitrogens with one attached hydrogen (secondary N) is 3. The first kappa shape index (κ1) is 18.1. The summed E-state index contributed by atoms with van der Waals surface area (Å²) in [5.74, 6) is -0.0369. The lowest BCUT2D eigenvalue weighted by Gasteiger charge is -2.12. The molecule has 148 valence electrons. The van der Waals surface area contributed by atoms with Gasteiger partial charge in [0.15, 0.2) is 0 Å². The molecule has 0 atom stereocenters. The molecule has 5 rings (SSSR count). The number of carbonyl (C=O) groups is 1. The molecule has 0 bridgehead atoms. The number of hydrogen-bond acceptors (Lipinski definition) is 4. The second kappa shape index (κ2) is 7.83. The normalized spacial score (nSPS) is 13.6. The lowest BCUT2D eigenvalue weighted by atomic mass is 10.1. The predicted octanol–water partition coefficient (Wildman–Crippen LogP) is 4.76. The molecule has 1 amide bonds. The van der Waals surface area contributed by atoms with Crippen molar-refractivity contribution in [2.24, 2.45) is 0 Å². The Hall–Kier alpha value is -3.93. The van der Waals surface area contributed by atoms with Gasteiger partial charge in [0.1, 0.15) is 0 Å². The first-order chi connectivity index (χ1) is 14.8. The van der Waals surface area contributed by atoms with Crippen molar-refractivity contribution < 1.29 is 4.79 Å². The molecule has 0 aliphatic heterocycles. The number of pyridine rings is 1. The van der Waals surface area contributed by atoms with Crippen LogP contribution in [0, 0.1) is 0 Å². The number of benzene rings is 2. The maximum Gasteiger partial charge on any atom is 0.253 e. The SMILES string of the molecule is O=C(NC1CC1)c1ccccc1Nc1ccc2c(C=Cc3ccccn3)n[nH]c2c1. The Morgan fingerprint density at radius 3 is 2.73 bits per heavy atom. The summed E-state index contributed by atoms with van der Waals surface area (Å²) in [5.41, 5.74) is 4.97. The van der Waals surface area contributed by atoms with Crippen molar-refractivity contribution in [2.45, 2.75) is 18.9 Å². The number of H-pyrrole nitrogens is 1. The molecule has 0 radical (unpaired) electrons. The van der Waals surface area contributed by atoms with Crippen LogP contribution in [0.5, 0.6) is 0 Å². The second-order valence-corrected chi connectivity index (χ2v) is 7.38. The third-order valence-corrected chi connectivity index (χ3v) is 5.06. The second-order valence-electron chi connectivity index (χ2n) is 7.38. The number of anilines is 2. The zero-order valence-corrected chi connectivity index (χ0v) is 16.3. The number of carbonyl (C=O) groups excluding carboxylic acids is 1. The predicted molar refractivity (Wildman–Crippen MR) is 119 cm³/mol. The Morgan fingerprint density at radius 2 is 1.90 bits per heavy atom. The minimum atomic E-state index is -0.0369. The Balaban J connectivity index is 1.38. The molecule has 0 unspecified atom stereocenters. The maximum absolute atomic E-state index is 12.5. The van der Waals surface area contributed by atoms with Gasteiger partial charge in [-0.3, -0.25) is 14.9 Å². The topological polar surface area (TPSA) is 82.7 Å². The molecular formula is C24H21N5O. The number of fused-ring (bicyclic) bond motifs is 1. The molecule has 30 heavy (non-hydrogen) atoms. The van der Waals surface area contributed by atoms with Crippen LogP contribution in [0.25, 0.3) is 23.1 Å². The van der Waals surface area contributed by atoms with Crippen LogP contribution >= 0.6 is 0 Å². The van der Waals surface area contributed by atoms with Gasteiger partial charge in [-0.15, -0.1) is 0 Å². The summed E-state index contributed by atoms with van der Waals surface area (Å²) >= 11 is 0. The highest BCUT2D eigenvalue weighted by Crippen LogP contribution is 2.27. The van der Waals surface area contributed by atoms with Crippen molar-refractivity contribution in [3.8, 4) is 0 Å². The number of para-hydroxylation sites is 1. The van der Waals surface area contributed by atoms with E-state index in [0.29, 0.717) is 11.6 Å². The van der Waals surface area contributed by atoms with E-state index < -0.39 is 0 Å². The summed E-state index contributed by atoms with van der Waals surface area (Å²) in [6.07, 6.45) is 7.79. The van der Waals surface area contributed by atoms with Gasteiger partial charge in [0.2, 0.25) is 0 Å². The molecule has 1 fully saturated rings. The highest BCUT2D eigenvalue weighted by atomic mass is 16.1. The summed E-state index contributed by atoms with van der Waals surface area (Å²) in [5, 5.41) is 14.9. The van der Waals surface area contributed by atoms with E-state index >= 15 is 0 Å². The molecule has 6 heteroatoms. The maximum atomic E-state index is 12.5. The third-order valence-electron chi connectivity index (χ3n) is 5.06. The first-order valence-electron chi connectivity index (χ1n) is 10.0. The minimum Gasteiger partial charge on any atom is -0.355 e. The van der Waals surface area contributed by atoms with Gasteiger partial charge in [-0.2, -0.15) is 5.10 Å². The number of aromatic amines is 1. The highest BCUT2D eigenvalue weighted by molar-refractivity contribution is 6.01. The van der Waals surface area contributed by atoms with Gasteiger partial charge in [0.05, 0.1) is 28.2 Å². The number of hydrogen-bond donors (Lipinski definition) is 3. The monoisotopic (exact) mass is 395 g/mol. The van der Waals surface area contributed by atoms with Gasteiger partial charge in [-0.25, -0.2) is 0 Å². The van der Waals surface area contributed by atoms with Crippen molar-refractivity contribution in [2.75, 3.05) is 5.32 Å². The van der Waals surface area contributed by atoms with Gasteiger partial charge in [-0.05, 0) is 67.5 Å². The van der Waals surface area contributed by atoms with Crippen molar-refractivity contribution in [3.63, 3.8) is 0 Å². The average Bonchev–Trinajstić information content (AvgIpc) is 3.50. The van der Waals surface area contributed by atoms with Crippen molar-refractivity contribution in [1.82, 2.24) is 20.5 Å². The highest BCUT2D eigenvalue weighted by Gasteiger charge is 2.24. The molecular weight excluding hydrogens is 374 g/mol. The summed E-state index contributed by atoms with van der Waals surface area (Å²) in [6, 6.07) is 19.7. The Morgan fingerprint density at radius 1 is 1.03 bits per heavy atom. The first-order valence-corrected chi connectivity index (χ1v) is 10.0. The van der Waals surface area contributed by atoms with Crippen LogP contribution in [0.4, 0.5) is 11.4 Å². The summed E-state index contributed by atoms with van der Waals surface area (Å²) in [6.45, 7) is 0. The van der Waals surface area contributed by atoms with E-state index in [-0.39, 0.29) is 5.91 Å². The van der Waals surface area contributed by atoms with E-state index in [2.05, 4.69) is 25.8 Å². The van der Waals surface area contributed by atoms with E-state index in [9.17, 15) is 4.79 Å². The quantitative estimate of drug-likeness (QED) is 0.439. The molecule has 1 aliphatic carbocycles. The zero-order valence-electron chi connectivity index (χ0n) is 16.3. The van der Waals surface area contributed by atoms with E-state index in [1.54, 1.807) is 6.20 Å². The molecule has 0 spiro atoms. The summed E-state index contributed by atoms with van der Waals surface area (Å²) in [7, 11) is 0. The van der Waals surface area contributed by atoms with Gasteiger partial charge in [0.25, 0.3) is 5.91 Å². The van der Waals surface area contributed by atoms with Crippen LogP contribution in [0.3, 0.4) is 0 Å². The molecule has 2 aromatic heterocycles. The lowest BCUT2D eigenvalue weighted by Crippen LogP contribution is -2.26. The van der Waals surface area contributed by atoms with Crippen LogP contribution < -0.4 is 10.6 Å². The van der Waals surface area contributed by atoms with Crippen molar-refractivity contribution >= 4 is 40.3 Å².